The van der Waals surface area contributed by atoms with Crippen molar-refractivity contribution in [2.24, 2.45) is 13.0 Å². The zero-order valence-electron chi connectivity index (χ0n) is 13.2. The number of unbranched alkanes of at least 4 members (excludes halogenated alkanes) is 1. The van der Waals surface area contributed by atoms with Crippen molar-refractivity contribution in [3.63, 3.8) is 0 Å². The van der Waals surface area contributed by atoms with Gasteiger partial charge in [-0.1, -0.05) is 46.5 Å². The third-order valence-electron chi connectivity index (χ3n) is 3.97. The molecule has 0 aromatic carbocycles. The molecule has 0 radical (unpaired) electrons. The molecule has 0 bridgehead atoms. The maximum absolute atomic E-state index is 4.32. The molecule has 0 aliphatic carbocycles. The molecular formula is C16H31N3. The molecule has 0 aliphatic rings. The number of rotatable bonds is 10. The molecule has 0 saturated heterocycles. The number of aromatic nitrogens is 2. The Morgan fingerprint density at radius 3 is 2.58 bits per heavy atom. The van der Waals surface area contributed by atoms with Gasteiger partial charge in [0.15, 0.2) is 0 Å². The lowest BCUT2D eigenvalue weighted by molar-refractivity contribution is 0.344. The number of hydrogen-bond acceptors (Lipinski definition) is 2. The molecule has 19 heavy (non-hydrogen) atoms. The summed E-state index contributed by atoms with van der Waals surface area (Å²) in [4.78, 5) is 0. The lowest BCUT2D eigenvalue weighted by Gasteiger charge is -2.24. The average Bonchev–Trinajstić information content (AvgIpc) is 2.84. The Morgan fingerprint density at radius 1 is 1.26 bits per heavy atom. The van der Waals surface area contributed by atoms with E-state index in [1.165, 1.54) is 44.2 Å². The van der Waals surface area contributed by atoms with Gasteiger partial charge >= 0.3 is 0 Å². The summed E-state index contributed by atoms with van der Waals surface area (Å²) in [6.45, 7) is 7.91. The summed E-state index contributed by atoms with van der Waals surface area (Å²) in [5.74, 6) is 0.823. The summed E-state index contributed by atoms with van der Waals surface area (Å²) in [5, 5.41) is 8.01. The fraction of sp³-hybridized carbons (Fsp3) is 0.812. The van der Waals surface area contributed by atoms with Crippen LogP contribution < -0.4 is 5.32 Å². The summed E-state index contributed by atoms with van der Waals surface area (Å²) in [7, 11) is 2.04. The van der Waals surface area contributed by atoms with E-state index in [-0.39, 0.29) is 0 Å². The molecule has 1 heterocycles. The van der Waals surface area contributed by atoms with E-state index in [2.05, 4.69) is 37.3 Å². The maximum Gasteiger partial charge on any atom is 0.0550 e. The largest absolute Gasteiger partial charge is 0.309 e. The van der Waals surface area contributed by atoms with Crippen molar-refractivity contribution in [1.29, 1.82) is 0 Å². The fourth-order valence-electron chi connectivity index (χ4n) is 2.67. The molecule has 1 aromatic heterocycles. The smallest absolute Gasteiger partial charge is 0.0550 e. The van der Waals surface area contributed by atoms with Crippen LogP contribution in [0.5, 0.6) is 0 Å². The molecule has 1 N–H and O–H groups in total. The Bertz CT molecular complexity index is 332. The lowest BCUT2D eigenvalue weighted by atomic mass is 9.91. The minimum absolute atomic E-state index is 0.453. The molecule has 0 spiro atoms. The Balaban J connectivity index is 2.65. The number of nitrogens with zero attached hydrogens (tertiary/aromatic N) is 2. The average molecular weight is 265 g/mol. The molecule has 0 aliphatic heterocycles. The van der Waals surface area contributed by atoms with E-state index in [9.17, 15) is 0 Å². The zero-order valence-corrected chi connectivity index (χ0v) is 13.2. The van der Waals surface area contributed by atoms with Gasteiger partial charge in [-0.3, -0.25) is 4.68 Å². The van der Waals surface area contributed by atoms with Gasteiger partial charge in [-0.2, -0.15) is 5.10 Å². The van der Waals surface area contributed by atoms with E-state index >= 15 is 0 Å². The van der Waals surface area contributed by atoms with Gasteiger partial charge in [0.2, 0.25) is 0 Å². The Labute approximate surface area is 118 Å². The summed E-state index contributed by atoms with van der Waals surface area (Å²) in [6.07, 6.45) is 9.61. The molecule has 110 valence electrons. The van der Waals surface area contributed by atoms with Crippen LogP contribution >= 0.6 is 0 Å². The van der Waals surface area contributed by atoms with Crippen LogP contribution in [0.2, 0.25) is 0 Å². The van der Waals surface area contributed by atoms with E-state index < -0.39 is 0 Å². The Kier molecular flexibility index (Phi) is 7.80. The van der Waals surface area contributed by atoms with Crippen LogP contribution in [0.3, 0.4) is 0 Å². The predicted molar refractivity (Wildman–Crippen MR) is 82.2 cm³/mol. The van der Waals surface area contributed by atoms with Gasteiger partial charge < -0.3 is 5.32 Å². The van der Waals surface area contributed by atoms with Crippen molar-refractivity contribution in [2.45, 2.75) is 65.3 Å². The zero-order chi connectivity index (χ0) is 14.1. The lowest BCUT2D eigenvalue weighted by Crippen LogP contribution is -2.26. The second kappa shape index (κ2) is 9.13. The first-order valence-corrected chi connectivity index (χ1v) is 7.94. The van der Waals surface area contributed by atoms with Crippen molar-refractivity contribution < 1.29 is 0 Å². The highest BCUT2D eigenvalue weighted by Gasteiger charge is 2.18. The van der Waals surface area contributed by atoms with Crippen molar-refractivity contribution in [1.82, 2.24) is 15.1 Å². The molecule has 3 nitrogen and oxygen atoms in total. The van der Waals surface area contributed by atoms with E-state index in [4.69, 9.17) is 0 Å². The molecule has 0 fully saturated rings. The summed E-state index contributed by atoms with van der Waals surface area (Å²) >= 11 is 0. The van der Waals surface area contributed by atoms with Crippen molar-refractivity contribution in [2.75, 3.05) is 6.54 Å². The predicted octanol–water partition coefficient (Wildman–Crippen LogP) is 4.07. The summed E-state index contributed by atoms with van der Waals surface area (Å²) < 4.78 is 2.01. The minimum Gasteiger partial charge on any atom is -0.309 e. The van der Waals surface area contributed by atoms with Crippen molar-refractivity contribution in [3.05, 3.63) is 18.0 Å². The van der Waals surface area contributed by atoms with Crippen LogP contribution in [0.4, 0.5) is 0 Å². The van der Waals surface area contributed by atoms with Gasteiger partial charge in [0, 0.05) is 19.3 Å². The molecule has 2 atom stereocenters. The monoisotopic (exact) mass is 265 g/mol. The first-order chi connectivity index (χ1) is 9.22. The first kappa shape index (κ1) is 16.2. The fourth-order valence-corrected chi connectivity index (χ4v) is 2.67. The molecule has 1 aromatic rings. The molecule has 2 unspecified atom stereocenters. The third-order valence-corrected chi connectivity index (χ3v) is 3.97. The molecule has 1 rings (SSSR count). The summed E-state index contributed by atoms with van der Waals surface area (Å²) in [5.41, 5.74) is 1.32. The standard InChI is InChI=1S/C16H31N3/c1-5-8-9-14(7-3)13-15(17-11-6-2)16-10-12-18-19(16)4/h10,12,14-15,17H,5-9,11,13H2,1-4H3. The molecule has 0 amide bonds. The second-order valence-electron chi connectivity index (χ2n) is 5.54. The Hall–Kier alpha value is -0.830. The van der Waals surface area contributed by atoms with Gasteiger partial charge in [0.05, 0.1) is 5.69 Å². The normalized spacial score (nSPS) is 14.5. The van der Waals surface area contributed by atoms with E-state index in [0.29, 0.717) is 6.04 Å². The van der Waals surface area contributed by atoms with Crippen LogP contribution in [0, 0.1) is 5.92 Å². The topological polar surface area (TPSA) is 29.9 Å². The second-order valence-corrected chi connectivity index (χ2v) is 5.54. The van der Waals surface area contributed by atoms with Gasteiger partial charge in [-0.05, 0) is 31.4 Å². The van der Waals surface area contributed by atoms with E-state index in [0.717, 1.165) is 12.5 Å². The SMILES string of the molecule is CCCCC(CC)CC(NCCC)c1ccnn1C. The highest BCUT2D eigenvalue weighted by molar-refractivity contribution is 5.06. The number of aryl methyl sites for hydroxylation is 1. The molecule has 3 heteroatoms. The van der Waals surface area contributed by atoms with Gasteiger partial charge in [-0.25, -0.2) is 0 Å². The molecule has 0 saturated carbocycles. The third kappa shape index (κ3) is 5.35. The van der Waals surface area contributed by atoms with Crippen LogP contribution in [0.25, 0.3) is 0 Å². The van der Waals surface area contributed by atoms with Gasteiger partial charge in [-0.15, -0.1) is 0 Å². The van der Waals surface area contributed by atoms with Gasteiger partial charge in [0.25, 0.3) is 0 Å². The van der Waals surface area contributed by atoms with Gasteiger partial charge in [0.1, 0.15) is 0 Å². The summed E-state index contributed by atoms with van der Waals surface area (Å²) in [6, 6.07) is 2.61. The highest BCUT2D eigenvalue weighted by Crippen LogP contribution is 2.26. The van der Waals surface area contributed by atoms with Crippen molar-refractivity contribution >= 4 is 0 Å². The van der Waals surface area contributed by atoms with E-state index in [1.807, 2.05) is 17.9 Å². The van der Waals surface area contributed by atoms with Crippen LogP contribution in [-0.4, -0.2) is 16.3 Å². The first-order valence-electron chi connectivity index (χ1n) is 7.94. The highest BCUT2D eigenvalue weighted by atomic mass is 15.3. The maximum atomic E-state index is 4.32. The minimum atomic E-state index is 0.453. The molecular weight excluding hydrogens is 234 g/mol. The quantitative estimate of drug-likeness (QED) is 0.691. The number of hydrogen-bond donors (Lipinski definition) is 1. The van der Waals surface area contributed by atoms with Crippen LogP contribution in [-0.2, 0) is 7.05 Å². The Morgan fingerprint density at radius 2 is 2.05 bits per heavy atom. The van der Waals surface area contributed by atoms with E-state index in [1.54, 1.807) is 0 Å². The van der Waals surface area contributed by atoms with Crippen LogP contribution in [0.15, 0.2) is 12.3 Å². The van der Waals surface area contributed by atoms with Crippen molar-refractivity contribution in [3.8, 4) is 0 Å². The van der Waals surface area contributed by atoms with Crippen LogP contribution in [0.1, 0.15) is 71.0 Å². The number of nitrogens with one attached hydrogen (secondary N) is 1.